The summed E-state index contributed by atoms with van der Waals surface area (Å²) in [5, 5.41) is 14.5. The molecule has 3 N–H and O–H groups in total. The zero-order chi connectivity index (χ0) is 15.3. The molecule has 0 aromatic heterocycles. The molecule has 0 aliphatic carbocycles. The summed E-state index contributed by atoms with van der Waals surface area (Å²) in [6, 6.07) is -0.841. The number of hydrogen-bond donors (Lipinski definition) is 3. The minimum absolute atomic E-state index is 0.00176. The van der Waals surface area contributed by atoms with E-state index in [9.17, 15) is 18.0 Å². The van der Waals surface area contributed by atoms with Crippen molar-refractivity contribution in [1.82, 2.24) is 10.6 Å². The molecule has 0 radical (unpaired) electrons. The van der Waals surface area contributed by atoms with Crippen LogP contribution in [0.2, 0.25) is 0 Å². The fourth-order valence-electron chi connectivity index (χ4n) is 2.13. The maximum absolute atomic E-state index is 11.9. The Morgan fingerprint density at radius 3 is 2.55 bits per heavy atom. The number of carbonyl (C=O) groups is 2. The molecule has 0 aromatic carbocycles. The van der Waals surface area contributed by atoms with Crippen LogP contribution in [0, 0.1) is 5.92 Å². The third-order valence-corrected chi connectivity index (χ3v) is 5.02. The second kappa shape index (κ2) is 7.03. The maximum Gasteiger partial charge on any atom is 0.305 e. The second-order valence-corrected chi connectivity index (χ2v) is 7.71. The molecule has 1 aliphatic rings. The Balaban J connectivity index is 2.51. The molecule has 20 heavy (non-hydrogen) atoms. The minimum atomic E-state index is -3.08. The summed E-state index contributed by atoms with van der Waals surface area (Å²) in [5.74, 6) is -1.25. The van der Waals surface area contributed by atoms with Gasteiger partial charge >= 0.3 is 5.97 Å². The summed E-state index contributed by atoms with van der Waals surface area (Å²) in [6.45, 7) is 4.01. The molecule has 1 aliphatic heterocycles. The van der Waals surface area contributed by atoms with Crippen LogP contribution < -0.4 is 10.6 Å². The Kier molecular flexibility index (Phi) is 5.94. The molecule has 2 unspecified atom stereocenters. The summed E-state index contributed by atoms with van der Waals surface area (Å²) < 4.78 is 22.9. The van der Waals surface area contributed by atoms with Crippen molar-refractivity contribution in [3.05, 3.63) is 0 Å². The number of aliphatic carboxylic acids is 1. The zero-order valence-electron chi connectivity index (χ0n) is 11.8. The van der Waals surface area contributed by atoms with E-state index in [1.807, 2.05) is 13.8 Å². The number of rotatable bonds is 6. The Bertz CT molecular complexity index is 460. The third kappa shape index (κ3) is 5.87. The largest absolute Gasteiger partial charge is 0.481 e. The molecule has 7 nitrogen and oxygen atoms in total. The molecule has 1 heterocycles. The maximum atomic E-state index is 11.9. The number of carbonyl (C=O) groups excluding carboxylic acids is 1. The van der Waals surface area contributed by atoms with Crippen molar-refractivity contribution in [1.29, 1.82) is 0 Å². The molecule has 116 valence electrons. The van der Waals surface area contributed by atoms with Crippen LogP contribution in [0.5, 0.6) is 0 Å². The van der Waals surface area contributed by atoms with Crippen molar-refractivity contribution in [2.45, 2.75) is 38.8 Å². The fraction of sp³-hybridized carbons (Fsp3) is 0.833. The van der Waals surface area contributed by atoms with Crippen molar-refractivity contribution >= 4 is 21.7 Å². The molecule has 8 heteroatoms. The first-order valence-corrected chi connectivity index (χ1v) is 8.46. The summed E-state index contributed by atoms with van der Waals surface area (Å²) >= 11 is 0. The SMILES string of the molecule is CC(C)C(CC(=O)O)NC(=O)CC1CS(=O)(=O)CCN1. The first kappa shape index (κ1) is 16.9. The molecule has 1 rings (SSSR count). The topological polar surface area (TPSA) is 113 Å². The molecular formula is C12H22N2O5S. The van der Waals surface area contributed by atoms with Crippen LogP contribution >= 0.6 is 0 Å². The Hall–Kier alpha value is -1.15. The molecule has 0 bridgehead atoms. The highest BCUT2D eigenvalue weighted by Crippen LogP contribution is 2.09. The fourth-order valence-corrected chi connectivity index (χ4v) is 3.57. The van der Waals surface area contributed by atoms with Crippen LogP contribution in [-0.4, -0.2) is 55.5 Å². The van der Waals surface area contributed by atoms with Gasteiger partial charge in [0.2, 0.25) is 5.91 Å². The monoisotopic (exact) mass is 306 g/mol. The highest BCUT2D eigenvalue weighted by Gasteiger charge is 2.27. The molecule has 1 amide bonds. The lowest BCUT2D eigenvalue weighted by Crippen LogP contribution is -2.49. The molecule has 0 spiro atoms. The van der Waals surface area contributed by atoms with Gasteiger partial charge in [-0.3, -0.25) is 9.59 Å². The quantitative estimate of drug-likeness (QED) is 0.603. The molecule has 1 saturated heterocycles. The van der Waals surface area contributed by atoms with Crippen molar-refractivity contribution in [2.24, 2.45) is 5.92 Å². The van der Waals surface area contributed by atoms with Crippen LogP contribution in [0.1, 0.15) is 26.7 Å². The predicted molar refractivity (Wildman–Crippen MR) is 74.1 cm³/mol. The van der Waals surface area contributed by atoms with Gasteiger partial charge in [-0.15, -0.1) is 0 Å². The lowest BCUT2D eigenvalue weighted by atomic mass is 10.0. The minimum Gasteiger partial charge on any atom is -0.481 e. The van der Waals surface area contributed by atoms with E-state index in [1.165, 1.54) is 0 Å². The molecule has 0 saturated carbocycles. The molecule has 0 aromatic rings. The van der Waals surface area contributed by atoms with Gasteiger partial charge in [0.25, 0.3) is 0 Å². The van der Waals surface area contributed by atoms with Gasteiger partial charge < -0.3 is 15.7 Å². The van der Waals surface area contributed by atoms with E-state index >= 15 is 0 Å². The van der Waals surface area contributed by atoms with Crippen LogP contribution in [0.25, 0.3) is 0 Å². The van der Waals surface area contributed by atoms with Crippen molar-refractivity contribution < 1.29 is 23.1 Å². The van der Waals surface area contributed by atoms with Crippen molar-refractivity contribution in [3.8, 4) is 0 Å². The van der Waals surface area contributed by atoms with Gasteiger partial charge in [-0.25, -0.2) is 8.42 Å². The van der Waals surface area contributed by atoms with Crippen LogP contribution in [-0.2, 0) is 19.4 Å². The van der Waals surface area contributed by atoms with Gasteiger partial charge in [0.1, 0.15) is 0 Å². The standard InChI is InChI=1S/C12H22N2O5S/c1-8(2)10(6-12(16)17)14-11(15)5-9-7-20(18,19)4-3-13-9/h8-10,13H,3-7H2,1-2H3,(H,14,15)(H,16,17). The zero-order valence-corrected chi connectivity index (χ0v) is 12.6. The predicted octanol–water partition coefficient (Wildman–Crippen LogP) is -0.621. The molecular weight excluding hydrogens is 284 g/mol. The highest BCUT2D eigenvalue weighted by molar-refractivity contribution is 7.91. The van der Waals surface area contributed by atoms with E-state index in [1.54, 1.807) is 0 Å². The third-order valence-electron chi connectivity index (χ3n) is 3.28. The Labute approximate surface area is 119 Å². The van der Waals surface area contributed by atoms with Crippen LogP contribution in [0.4, 0.5) is 0 Å². The van der Waals surface area contributed by atoms with E-state index in [0.717, 1.165) is 0 Å². The van der Waals surface area contributed by atoms with Gasteiger partial charge in [0, 0.05) is 25.0 Å². The summed E-state index contributed by atoms with van der Waals surface area (Å²) in [4.78, 5) is 22.6. The number of hydrogen-bond acceptors (Lipinski definition) is 5. The van der Waals surface area contributed by atoms with Crippen LogP contribution in [0.15, 0.2) is 0 Å². The average molecular weight is 306 g/mol. The Morgan fingerprint density at radius 2 is 2.05 bits per heavy atom. The first-order chi connectivity index (χ1) is 9.19. The van der Waals surface area contributed by atoms with Gasteiger partial charge in [-0.1, -0.05) is 13.8 Å². The van der Waals surface area contributed by atoms with E-state index in [0.29, 0.717) is 6.54 Å². The van der Waals surface area contributed by atoms with E-state index in [2.05, 4.69) is 10.6 Å². The van der Waals surface area contributed by atoms with E-state index in [4.69, 9.17) is 5.11 Å². The molecule has 1 fully saturated rings. The second-order valence-electron chi connectivity index (χ2n) is 5.49. The van der Waals surface area contributed by atoms with Gasteiger partial charge in [-0.05, 0) is 5.92 Å². The number of carboxylic acid groups (broad SMARTS) is 1. The summed E-state index contributed by atoms with van der Waals surface area (Å²) in [6.07, 6.45) is -0.0954. The van der Waals surface area contributed by atoms with E-state index < -0.39 is 27.9 Å². The van der Waals surface area contributed by atoms with Gasteiger partial charge in [0.05, 0.1) is 17.9 Å². The number of carboxylic acids is 1. The smallest absolute Gasteiger partial charge is 0.305 e. The summed E-state index contributed by atoms with van der Waals surface area (Å²) in [5.41, 5.74) is 0. The van der Waals surface area contributed by atoms with Crippen LogP contribution in [0.3, 0.4) is 0 Å². The number of nitrogens with one attached hydrogen (secondary N) is 2. The van der Waals surface area contributed by atoms with Crippen molar-refractivity contribution in [2.75, 3.05) is 18.1 Å². The number of sulfone groups is 1. The number of amides is 1. The first-order valence-electron chi connectivity index (χ1n) is 6.64. The Morgan fingerprint density at radius 1 is 1.40 bits per heavy atom. The average Bonchev–Trinajstić information content (AvgIpc) is 2.25. The lowest BCUT2D eigenvalue weighted by molar-refractivity contribution is -0.138. The van der Waals surface area contributed by atoms with E-state index in [-0.39, 0.29) is 36.2 Å². The molecule has 2 atom stereocenters. The van der Waals surface area contributed by atoms with Crippen molar-refractivity contribution in [3.63, 3.8) is 0 Å². The highest BCUT2D eigenvalue weighted by atomic mass is 32.2. The van der Waals surface area contributed by atoms with Gasteiger partial charge in [-0.2, -0.15) is 0 Å². The normalized spacial score (nSPS) is 23.2. The van der Waals surface area contributed by atoms with Gasteiger partial charge in [0.15, 0.2) is 9.84 Å². The summed E-state index contributed by atoms with van der Waals surface area (Å²) in [7, 11) is -3.08. The lowest BCUT2D eigenvalue weighted by Gasteiger charge is -2.25.